The van der Waals surface area contributed by atoms with E-state index < -0.39 is 0 Å². The van der Waals surface area contributed by atoms with Gasteiger partial charge < -0.3 is 20.3 Å². The summed E-state index contributed by atoms with van der Waals surface area (Å²) in [5, 5.41) is 13.1. The zero-order chi connectivity index (χ0) is 23.2. The van der Waals surface area contributed by atoms with Crippen LogP contribution in [0, 0.1) is 6.92 Å². The van der Waals surface area contributed by atoms with Crippen molar-refractivity contribution < 1.29 is 9.53 Å². The molecule has 9 heteroatoms. The van der Waals surface area contributed by atoms with Gasteiger partial charge in [-0.2, -0.15) is 15.1 Å². The molecule has 0 aliphatic carbocycles. The second-order valence-corrected chi connectivity index (χ2v) is 7.76. The fraction of sp³-hybridized carbons (Fsp3) is 0.167. The number of aromatic amines is 1. The Morgan fingerprint density at radius 2 is 1.76 bits per heavy atom. The van der Waals surface area contributed by atoms with Crippen LogP contribution in [0.5, 0.6) is 11.8 Å². The van der Waals surface area contributed by atoms with E-state index in [0.29, 0.717) is 35.3 Å². The first-order chi connectivity index (χ1) is 15.9. The van der Waals surface area contributed by atoms with Crippen molar-refractivity contribution in [2.24, 2.45) is 0 Å². The molecule has 0 aliphatic rings. The Hall–Kier alpha value is -4.24. The van der Waals surface area contributed by atoms with Crippen LogP contribution in [0.2, 0.25) is 0 Å². The molecule has 2 aromatic heterocycles. The molecule has 0 saturated heterocycles. The van der Waals surface area contributed by atoms with Gasteiger partial charge >= 0.3 is 6.01 Å². The van der Waals surface area contributed by atoms with E-state index in [1.54, 1.807) is 29.2 Å². The Morgan fingerprint density at radius 3 is 2.42 bits per heavy atom. The molecule has 1 amide bonds. The summed E-state index contributed by atoms with van der Waals surface area (Å²) >= 11 is 0. The van der Waals surface area contributed by atoms with Crippen LogP contribution in [0.15, 0.2) is 66.7 Å². The number of H-pyrrole nitrogens is 1. The topological polar surface area (TPSA) is 108 Å². The molecule has 4 aromatic rings. The number of carbonyl (C=O) groups excluding carboxylic acids is 1. The number of nitrogens with zero attached hydrogens (tertiary/aromatic N) is 4. The predicted molar refractivity (Wildman–Crippen MR) is 128 cm³/mol. The van der Waals surface area contributed by atoms with Crippen LogP contribution in [-0.4, -0.2) is 51.6 Å². The van der Waals surface area contributed by atoms with E-state index in [9.17, 15) is 4.79 Å². The second-order valence-electron chi connectivity index (χ2n) is 7.76. The van der Waals surface area contributed by atoms with E-state index in [1.165, 1.54) is 0 Å². The summed E-state index contributed by atoms with van der Waals surface area (Å²) in [6.07, 6.45) is 0. The van der Waals surface area contributed by atoms with Crippen LogP contribution in [0.1, 0.15) is 5.69 Å². The molecular formula is C24H25N7O2. The highest BCUT2D eigenvalue weighted by molar-refractivity contribution is 5.92. The number of aryl methyl sites for hydroxylation is 1. The summed E-state index contributed by atoms with van der Waals surface area (Å²) in [6, 6.07) is 20.8. The Balaban J connectivity index is 1.56. The number of carbonyl (C=O) groups is 1. The van der Waals surface area contributed by atoms with Crippen molar-refractivity contribution in [2.45, 2.75) is 6.92 Å². The number of hydrogen-bond acceptors (Lipinski definition) is 7. The van der Waals surface area contributed by atoms with Crippen molar-refractivity contribution in [1.29, 1.82) is 0 Å². The van der Waals surface area contributed by atoms with Gasteiger partial charge in [0, 0.05) is 29.1 Å². The summed E-state index contributed by atoms with van der Waals surface area (Å²) in [7, 11) is 3.69. The number of nitrogens with one attached hydrogen (secondary N) is 3. The van der Waals surface area contributed by atoms with Gasteiger partial charge in [-0.05, 0) is 45.3 Å². The monoisotopic (exact) mass is 443 g/mol. The van der Waals surface area contributed by atoms with Gasteiger partial charge in [0.05, 0.1) is 12.2 Å². The molecule has 0 bridgehead atoms. The molecule has 3 N–H and O–H groups in total. The molecule has 0 unspecified atom stereocenters. The van der Waals surface area contributed by atoms with Gasteiger partial charge in [-0.3, -0.25) is 9.89 Å². The molecule has 0 atom stereocenters. The third-order valence-electron chi connectivity index (χ3n) is 4.54. The molecule has 4 rings (SSSR count). The van der Waals surface area contributed by atoms with E-state index >= 15 is 0 Å². The van der Waals surface area contributed by atoms with E-state index in [0.717, 1.165) is 11.3 Å². The van der Waals surface area contributed by atoms with Crippen LogP contribution >= 0.6 is 0 Å². The lowest BCUT2D eigenvalue weighted by atomic mass is 10.1. The summed E-state index contributed by atoms with van der Waals surface area (Å²) in [4.78, 5) is 22.8. The van der Waals surface area contributed by atoms with Crippen molar-refractivity contribution in [3.05, 3.63) is 72.4 Å². The number of amides is 1. The normalized spacial score (nSPS) is 10.8. The van der Waals surface area contributed by atoms with Gasteiger partial charge in [-0.15, -0.1) is 0 Å². The Morgan fingerprint density at radius 1 is 1.00 bits per heavy atom. The first kappa shape index (κ1) is 22.0. The quantitative estimate of drug-likeness (QED) is 0.374. The molecular weight excluding hydrogens is 418 g/mol. The third kappa shape index (κ3) is 6.14. The van der Waals surface area contributed by atoms with Crippen LogP contribution in [0.25, 0.3) is 11.3 Å². The molecule has 0 aliphatic heterocycles. The van der Waals surface area contributed by atoms with E-state index in [4.69, 9.17) is 4.74 Å². The molecule has 0 radical (unpaired) electrons. The minimum Gasteiger partial charge on any atom is -0.424 e. The number of hydrogen-bond donors (Lipinski definition) is 3. The number of anilines is 3. The largest absolute Gasteiger partial charge is 0.424 e. The highest BCUT2D eigenvalue weighted by Gasteiger charge is 2.11. The molecule has 33 heavy (non-hydrogen) atoms. The second kappa shape index (κ2) is 9.92. The summed E-state index contributed by atoms with van der Waals surface area (Å²) < 4.78 is 5.94. The Labute approximate surface area is 191 Å². The number of likely N-dealkylation sites (N-methyl/N-ethyl adjacent to an activating group) is 1. The maximum Gasteiger partial charge on any atom is 0.324 e. The average molecular weight is 444 g/mol. The molecule has 0 fully saturated rings. The molecule has 0 spiro atoms. The number of ether oxygens (including phenoxy) is 1. The zero-order valence-corrected chi connectivity index (χ0v) is 18.7. The van der Waals surface area contributed by atoms with Crippen LogP contribution in [-0.2, 0) is 4.79 Å². The Kier molecular flexibility index (Phi) is 6.61. The SMILES string of the molecule is Cc1cc(Nc2cc(-c3ccccc3)nc(Oc3ccc(NC(=O)CN(C)C)cc3)n2)n[nH]1. The van der Waals surface area contributed by atoms with Gasteiger partial charge in [-0.1, -0.05) is 30.3 Å². The van der Waals surface area contributed by atoms with Crippen molar-refractivity contribution >= 4 is 23.2 Å². The first-order valence-corrected chi connectivity index (χ1v) is 10.4. The van der Waals surface area contributed by atoms with Crippen molar-refractivity contribution in [3.8, 4) is 23.0 Å². The minimum absolute atomic E-state index is 0.0862. The third-order valence-corrected chi connectivity index (χ3v) is 4.54. The lowest BCUT2D eigenvalue weighted by molar-refractivity contribution is -0.116. The van der Waals surface area contributed by atoms with Crippen molar-refractivity contribution in [2.75, 3.05) is 31.3 Å². The predicted octanol–water partition coefficient (Wildman–Crippen LogP) is 4.21. The summed E-state index contributed by atoms with van der Waals surface area (Å²) in [5.74, 6) is 1.66. The van der Waals surface area contributed by atoms with Gasteiger partial charge in [0.25, 0.3) is 0 Å². The number of aromatic nitrogens is 4. The fourth-order valence-electron chi connectivity index (χ4n) is 3.10. The lowest BCUT2D eigenvalue weighted by Crippen LogP contribution is -2.26. The highest BCUT2D eigenvalue weighted by atomic mass is 16.5. The van der Waals surface area contributed by atoms with Crippen LogP contribution in [0.4, 0.5) is 17.3 Å². The minimum atomic E-state index is -0.0862. The summed E-state index contributed by atoms with van der Waals surface area (Å²) in [6.45, 7) is 2.23. The van der Waals surface area contributed by atoms with Gasteiger partial charge in [0.1, 0.15) is 11.6 Å². The molecule has 9 nitrogen and oxygen atoms in total. The van der Waals surface area contributed by atoms with Crippen molar-refractivity contribution in [3.63, 3.8) is 0 Å². The summed E-state index contributed by atoms with van der Waals surface area (Å²) in [5.41, 5.74) is 3.27. The zero-order valence-electron chi connectivity index (χ0n) is 18.7. The number of rotatable bonds is 8. The molecule has 0 saturated carbocycles. The molecule has 2 aromatic carbocycles. The van der Waals surface area contributed by atoms with Crippen molar-refractivity contribution in [1.82, 2.24) is 25.1 Å². The van der Waals surface area contributed by atoms with Gasteiger partial charge in [-0.25, -0.2) is 0 Å². The van der Waals surface area contributed by atoms with E-state index in [-0.39, 0.29) is 11.9 Å². The lowest BCUT2D eigenvalue weighted by Gasteiger charge is -2.11. The highest BCUT2D eigenvalue weighted by Crippen LogP contribution is 2.27. The first-order valence-electron chi connectivity index (χ1n) is 10.4. The average Bonchev–Trinajstić information content (AvgIpc) is 3.19. The van der Waals surface area contributed by atoms with E-state index in [1.807, 2.05) is 63.5 Å². The van der Waals surface area contributed by atoms with Crippen LogP contribution in [0.3, 0.4) is 0 Å². The van der Waals surface area contributed by atoms with E-state index in [2.05, 4.69) is 30.8 Å². The number of benzene rings is 2. The maximum atomic E-state index is 11.9. The molecule has 2 heterocycles. The Bertz CT molecular complexity index is 1220. The standard InChI is InChI=1S/C24H25N7O2/c1-16-13-22(30-29-16)27-21-14-20(17-7-5-4-6-8-17)26-24(28-21)33-19-11-9-18(10-12-19)25-23(32)15-31(2)3/h4-14H,15H2,1-3H3,(H,25,32)(H2,26,27,28,29,30). The van der Waals surface area contributed by atoms with Gasteiger partial charge in [0.15, 0.2) is 5.82 Å². The maximum absolute atomic E-state index is 11.9. The smallest absolute Gasteiger partial charge is 0.324 e. The van der Waals surface area contributed by atoms with Crippen LogP contribution < -0.4 is 15.4 Å². The van der Waals surface area contributed by atoms with Gasteiger partial charge in [0.2, 0.25) is 5.91 Å². The molecule has 168 valence electrons. The fourth-order valence-corrected chi connectivity index (χ4v) is 3.10.